The zero-order valence-electron chi connectivity index (χ0n) is 11.4. The van der Waals surface area contributed by atoms with Gasteiger partial charge in [-0.2, -0.15) is 0 Å². The highest BCUT2D eigenvalue weighted by Gasteiger charge is 2.20. The first-order valence-electron chi connectivity index (χ1n) is 6.77. The van der Waals surface area contributed by atoms with Crippen molar-refractivity contribution in [1.82, 2.24) is 0 Å². The van der Waals surface area contributed by atoms with Crippen LogP contribution in [-0.4, -0.2) is 12.5 Å². The summed E-state index contributed by atoms with van der Waals surface area (Å²) in [6, 6.07) is 12.5. The Balaban J connectivity index is 1.89. The van der Waals surface area contributed by atoms with Crippen LogP contribution in [0.4, 0.5) is 15.8 Å². The highest BCUT2D eigenvalue weighted by molar-refractivity contribution is 5.97. The molecule has 0 atom stereocenters. The molecule has 1 aliphatic rings. The summed E-state index contributed by atoms with van der Waals surface area (Å²) in [4.78, 5) is 11.6. The number of amides is 1. The number of ether oxygens (including phenoxy) is 1. The Hall–Kier alpha value is -2.56. The molecule has 0 saturated carbocycles. The van der Waals surface area contributed by atoms with Gasteiger partial charge in [-0.3, -0.25) is 4.79 Å². The molecule has 0 aromatic heterocycles. The second kappa shape index (κ2) is 5.83. The Labute approximate surface area is 121 Å². The van der Waals surface area contributed by atoms with Crippen molar-refractivity contribution < 1.29 is 13.9 Å². The Bertz CT molecular complexity index is 659. The molecule has 0 saturated heterocycles. The zero-order chi connectivity index (χ0) is 14.7. The maximum absolute atomic E-state index is 14.1. The van der Waals surface area contributed by atoms with Gasteiger partial charge in [0.05, 0.1) is 18.7 Å². The first-order chi connectivity index (χ1) is 10.2. The van der Waals surface area contributed by atoms with E-state index in [0.717, 1.165) is 5.56 Å². The van der Waals surface area contributed by atoms with Gasteiger partial charge in [0, 0.05) is 6.54 Å². The van der Waals surface area contributed by atoms with Crippen LogP contribution in [0.1, 0.15) is 12.0 Å². The van der Waals surface area contributed by atoms with Gasteiger partial charge in [0.1, 0.15) is 17.3 Å². The molecule has 1 heterocycles. The number of carbonyl (C=O) groups is 1. The summed E-state index contributed by atoms with van der Waals surface area (Å²) in [6.07, 6.45) is 0.258. The van der Waals surface area contributed by atoms with Crippen molar-refractivity contribution in [1.29, 1.82) is 0 Å². The SMILES string of the molecule is O=C1CCOc2ccc(F)c(NCc3ccccc3)c2N1. The maximum Gasteiger partial charge on any atom is 0.227 e. The average molecular weight is 286 g/mol. The fourth-order valence-corrected chi connectivity index (χ4v) is 2.22. The van der Waals surface area contributed by atoms with Crippen LogP contribution in [-0.2, 0) is 11.3 Å². The van der Waals surface area contributed by atoms with E-state index in [4.69, 9.17) is 4.74 Å². The summed E-state index contributed by atoms with van der Waals surface area (Å²) < 4.78 is 19.5. The molecule has 3 rings (SSSR count). The van der Waals surface area contributed by atoms with E-state index in [9.17, 15) is 9.18 Å². The quantitative estimate of drug-likeness (QED) is 0.911. The number of rotatable bonds is 3. The van der Waals surface area contributed by atoms with Gasteiger partial charge in [-0.1, -0.05) is 30.3 Å². The number of benzene rings is 2. The van der Waals surface area contributed by atoms with Crippen molar-refractivity contribution in [3.63, 3.8) is 0 Å². The number of halogens is 1. The minimum Gasteiger partial charge on any atom is -0.491 e. The molecule has 2 aromatic carbocycles. The third kappa shape index (κ3) is 2.97. The van der Waals surface area contributed by atoms with Gasteiger partial charge in [-0.25, -0.2) is 4.39 Å². The number of fused-ring (bicyclic) bond motifs is 1. The van der Waals surface area contributed by atoms with Crippen molar-refractivity contribution >= 4 is 17.3 Å². The lowest BCUT2D eigenvalue weighted by molar-refractivity contribution is -0.116. The van der Waals surface area contributed by atoms with Crippen LogP contribution in [0.25, 0.3) is 0 Å². The summed E-state index contributed by atoms with van der Waals surface area (Å²) in [5, 5.41) is 5.74. The molecule has 0 aliphatic carbocycles. The van der Waals surface area contributed by atoms with E-state index in [2.05, 4.69) is 10.6 Å². The minimum atomic E-state index is -0.421. The highest BCUT2D eigenvalue weighted by atomic mass is 19.1. The lowest BCUT2D eigenvalue weighted by Crippen LogP contribution is -2.13. The number of hydrogen-bond donors (Lipinski definition) is 2. The molecule has 0 bridgehead atoms. The van der Waals surface area contributed by atoms with Crippen molar-refractivity contribution in [3.05, 3.63) is 53.8 Å². The van der Waals surface area contributed by atoms with Gasteiger partial charge >= 0.3 is 0 Å². The molecule has 0 unspecified atom stereocenters. The number of carbonyl (C=O) groups excluding carboxylic acids is 1. The molecule has 0 spiro atoms. The molecule has 2 aromatic rings. The number of hydrogen-bond acceptors (Lipinski definition) is 3. The fourth-order valence-electron chi connectivity index (χ4n) is 2.22. The van der Waals surface area contributed by atoms with Crippen LogP contribution in [0.15, 0.2) is 42.5 Å². The highest BCUT2D eigenvalue weighted by Crippen LogP contribution is 2.36. The third-order valence-corrected chi connectivity index (χ3v) is 3.28. The smallest absolute Gasteiger partial charge is 0.227 e. The second-order valence-electron chi connectivity index (χ2n) is 4.78. The van der Waals surface area contributed by atoms with E-state index in [1.54, 1.807) is 0 Å². The minimum absolute atomic E-state index is 0.179. The summed E-state index contributed by atoms with van der Waals surface area (Å²) >= 11 is 0. The van der Waals surface area contributed by atoms with E-state index < -0.39 is 5.82 Å². The Morgan fingerprint density at radius 1 is 1.19 bits per heavy atom. The van der Waals surface area contributed by atoms with E-state index in [1.807, 2.05) is 30.3 Å². The molecule has 2 N–H and O–H groups in total. The number of anilines is 2. The first kappa shape index (κ1) is 13.4. The summed E-state index contributed by atoms with van der Waals surface area (Å²) in [6.45, 7) is 0.757. The molecule has 5 heteroatoms. The van der Waals surface area contributed by atoms with Gasteiger partial charge in [0.2, 0.25) is 5.91 Å². The van der Waals surface area contributed by atoms with Crippen LogP contribution in [0.5, 0.6) is 5.75 Å². The van der Waals surface area contributed by atoms with Gasteiger partial charge in [0.15, 0.2) is 0 Å². The van der Waals surface area contributed by atoms with E-state index >= 15 is 0 Å². The van der Waals surface area contributed by atoms with Gasteiger partial charge in [-0.15, -0.1) is 0 Å². The van der Waals surface area contributed by atoms with Crippen LogP contribution in [0.3, 0.4) is 0 Å². The predicted octanol–water partition coefficient (Wildman–Crippen LogP) is 3.16. The lowest BCUT2D eigenvalue weighted by Gasteiger charge is -2.15. The van der Waals surface area contributed by atoms with Gasteiger partial charge in [0.25, 0.3) is 0 Å². The van der Waals surface area contributed by atoms with Crippen LogP contribution < -0.4 is 15.4 Å². The zero-order valence-corrected chi connectivity index (χ0v) is 11.4. The van der Waals surface area contributed by atoms with E-state index in [1.165, 1.54) is 12.1 Å². The number of nitrogens with one attached hydrogen (secondary N) is 2. The van der Waals surface area contributed by atoms with Crippen molar-refractivity contribution in [2.45, 2.75) is 13.0 Å². The van der Waals surface area contributed by atoms with Crippen molar-refractivity contribution in [3.8, 4) is 5.75 Å². The summed E-state index contributed by atoms with van der Waals surface area (Å²) in [5.74, 6) is -0.115. The largest absolute Gasteiger partial charge is 0.491 e. The molecule has 108 valence electrons. The predicted molar refractivity (Wildman–Crippen MR) is 78.9 cm³/mol. The summed E-state index contributed by atoms with van der Waals surface area (Å²) in [7, 11) is 0. The van der Waals surface area contributed by atoms with Gasteiger partial charge in [-0.05, 0) is 17.7 Å². The van der Waals surface area contributed by atoms with Crippen LogP contribution in [0, 0.1) is 5.82 Å². The van der Waals surface area contributed by atoms with Crippen molar-refractivity contribution in [2.24, 2.45) is 0 Å². The molecule has 0 radical (unpaired) electrons. The Morgan fingerprint density at radius 2 is 2.00 bits per heavy atom. The Morgan fingerprint density at radius 3 is 2.81 bits per heavy atom. The Kier molecular flexibility index (Phi) is 3.73. The topological polar surface area (TPSA) is 50.4 Å². The molecule has 1 amide bonds. The monoisotopic (exact) mass is 286 g/mol. The average Bonchev–Trinajstić information content (AvgIpc) is 2.68. The van der Waals surface area contributed by atoms with E-state index in [0.29, 0.717) is 24.6 Å². The molecular formula is C16H15FN2O2. The second-order valence-corrected chi connectivity index (χ2v) is 4.78. The third-order valence-electron chi connectivity index (χ3n) is 3.28. The fraction of sp³-hybridized carbons (Fsp3) is 0.188. The standard InChI is InChI=1S/C16H15FN2O2/c17-12-6-7-13-16(19-14(20)8-9-21-13)15(12)18-10-11-4-2-1-3-5-11/h1-7,18H,8-10H2,(H,19,20). The molecule has 4 nitrogen and oxygen atoms in total. The lowest BCUT2D eigenvalue weighted by atomic mass is 10.2. The first-order valence-corrected chi connectivity index (χ1v) is 6.77. The normalized spacial score (nSPS) is 13.7. The summed E-state index contributed by atoms with van der Waals surface area (Å²) in [5.41, 5.74) is 1.65. The molecule has 1 aliphatic heterocycles. The van der Waals surface area contributed by atoms with E-state index in [-0.39, 0.29) is 18.0 Å². The molecular weight excluding hydrogens is 271 g/mol. The molecule has 0 fully saturated rings. The van der Waals surface area contributed by atoms with Crippen molar-refractivity contribution in [2.75, 3.05) is 17.2 Å². The van der Waals surface area contributed by atoms with Gasteiger partial charge < -0.3 is 15.4 Å². The maximum atomic E-state index is 14.1. The van der Waals surface area contributed by atoms with Crippen LogP contribution in [0.2, 0.25) is 0 Å². The molecule has 21 heavy (non-hydrogen) atoms. The van der Waals surface area contributed by atoms with Crippen LogP contribution >= 0.6 is 0 Å².